The summed E-state index contributed by atoms with van der Waals surface area (Å²) in [6.45, 7) is 8.43. The van der Waals surface area contributed by atoms with Crippen molar-refractivity contribution in [3.63, 3.8) is 0 Å². The molecule has 4 fully saturated rings. The molecule has 0 radical (unpaired) electrons. The van der Waals surface area contributed by atoms with Crippen LogP contribution in [0, 0.1) is 11.8 Å². The Morgan fingerprint density at radius 2 is 1.18 bits per heavy atom. The van der Waals surface area contributed by atoms with Crippen molar-refractivity contribution in [2.45, 2.75) is 196 Å². The van der Waals surface area contributed by atoms with Gasteiger partial charge in [0, 0.05) is 20.3 Å². The number of aliphatic carboxylic acids is 1. The fourth-order valence-corrected chi connectivity index (χ4v) is 8.41. The molecule has 0 unspecified atom stereocenters. The van der Waals surface area contributed by atoms with Crippen LogP contribution >= 0.6 is 0 Å². The average Bonchev–Trinajstić information content (AvgIpc) is 3.21. The first-order chi connectivity index (χ1) is 31.0. The molecule has 13 N–H and O–H groups in total. The fraction of sp³-hybridized carbons (Fsp3) is 0.878. The molecule has 4 aliphatic rings. The summed E-state index contributed by atoms with van der Waals surface area (Å²) >= 11 is 0. The summed E-state index contributed by atoms with van der Waals surface area (Å²) in [5, 5.41) is 122. The van der Waals surface area contributed by atoms with Crippen LogP contribution in [0.3, 0.4) is 0 Å². The van der Waals surface area contributed by atoms with Crippen LogP contribution in [-0.2, 0) is 61.9 Å². The van der Waals surface area contributed by atoms with Gasteiger partial charge in [-0.3, -0.25) is 19.2 Å². The fourth-order valence-electron chi connectivity index (χ4n) is 8.41. The number of aliphatic hydroxyl groups is 10. The van der Waals surface area contributed by atoms with Crippen LogP contribution in [0.25, 0.3) is 0 Å². The second kappa shape index (κ2) is 22.6. The topological polar surface area (TPSA) is 406 Å². The molecule has 1 saturated carbocycles. The highest BCUT2D eigenvalue weighted by Crippen LogP contribution is 2.43. The standard InChI is InChI=1S/C41H68N2O24/c1-15(47)42-25-19(49)11-41(38(58)59,65-33(25)27(51)20(50)12-44)64-22-10-18(35(57)67-40(6,7)8)17(34(56)66-39(3,4)5)9-21(22)60-36-26(43-16(2)48)32(29(53)24(14-46)61-36)63-37-31(55)30(54)28(52)23(13-45)62-37/h17-33,36-37,44-46,49-55H,9-14H2,1-8H3,(H,42,47)(H,43,48)(H,58,59)/t17-,18+,19-,20+,21-,22+,23+,24+,25+,26+,27+,28-,29+,30-,31+,32+,33+,36+,37-,41+/m0/s1. The zero-order valence-electron chi connectivity index (χ0n) is 38.4. The summed E-state index contributed by atoms with van der Waals surface area (Å²) in [6, 6.07) is -3.31. The Kier molecular flexibility index (Phi) is 19.0. The number of esters is 2. The Morgan fingerprint density at radius 3 is 1.66 bits per heavy atom. The third kappa shape index (κ3) is 13.7. The zero-order chi connectivity index (χ0) is 50.7. The average molecular weight is 973 g/mol. The van der Waals surface area contributed by atoms with Gasteiger partial charge in [-0.15, -0.1) is 0 Å². The van der Waals surface area contributed by atoms with E-state index in [2.05, 4.69) is 10.6 Å². The van der Waals surface area contributed by atoms with Crippen molar-refractivity contribution >= 4 is 29.7 Å². The molecule has 26 nitrogen and oxygen atoms in total. The summed E-state index contributed by atoms with van der Waals surface area (Å²) in [5.41, 5.74) is -2.29. The van der Waals surface area contributed by atoms with Crippen LogP contribution in [0.5, 0.6) is 0 Å². The molecule has 20 atom stereocenters. The van der Waals surface area contributed by atoms with E-state index in [1.54, 1.807) is 41.5 Å². The maximum Gasteiger partial charge on any atom is 0.364 e. The largest absolute Gasteiger partial charge is 0.477 e. The Morgan fingerprint density at radius 1 is 0.687 bits per heavy atom. The molecule has 67 heavy (non-hydrogen) atoms. The van der Waals surface area contributed by atoms with Gasteiger partial charge in [-0.05, 0) is 54.4 Å². The first-order valence-electron chi connectivity index (χ1n) is 21.8. The molecular weight excluding hydrogens is 904 g/mol. The first kappa shape index (κ1) is 56.3. The van der Waals surface area contributed by atoms with E-state index < -0.39 is 202 Å². The number of aliphatic hydroxyl groups excluding tert-OH is 10. The molecule has 26 heteroatoms. The third-order valence-electron chi connectivity index (χ3n) is 11.5. The van der Waals surface area contributed by atoms with Crippen molar-refractivity contribution in [1.82, 2.24) is 10.6 Å². The molecule has 3 heterocycles. The summed E-state index contributed by atoms with van der Waals surface area (Å²) in [6.07, 6.45) is -30.4. The minimum Gasteiger partial charge on any atom is -0.477 e. The van der Waals surface area contributed by atoms with Gasteiger partial charge in [-0.25, -0.2) is 4.79 Å². The third-order valence-corrected chi connectivity index (χ3v) is 11.5. The summed E-state index contributed by atoms with van der Waals surface area (Å²) in [7, 11) is 0. The van der Waals surface area contributed by atoms with Crippen LogP contribution < -0.4 is 10.6 Å². The Balaban J connectivity index is 1.88. The first-order valence-corrected chi connectivity index (χ1v) is 21.8. The summed E-state index contributed by atoms with van der Waals surface area (Å²) in [5.74, 6) is -11.5. The normalized spacial score (nSPS) is 39.3. The van der Waals surface area contributed by atoms with Crippen molar-refractivity contribution in [2.75, 3.05) is 19.8 Å². The van der Waals surface area contributed by atoms with E-state index in [4.69, 9.17) is 37.9 Å². The Hall–Kier alpha value is -3.29. The highest BCUT2D eigenvalue weighted by atomic mass is 16.8. The van der Waals surface area contributed by atoms with E-state index in [1.807, 2.05) is 0 Å². The van der Waals surface area contributed by atoms with Crippen molar-refractivity contribution in [1.29, 1.82) is 0 Å². The zero-order valence-corrected chi connectivity index (χ0v) is 38.4. The minimum atomic E-state index is -3.05. The predicted molar refractivity (Wildman–Crippen MR) is 218 cm³/mol. The van der Waals surface area contributed by atoms with E-state index in [1.165, 1.54) is 0 Å². The number of hydrogen-bond donors (Lipinski definition) is 13. The molecule has 1 aliphatic carbocycles. The number of carbonyl (C=O) groups is 5. The Bertz CT molecular complexity index is 1710. The monoisotopic (exact) mass is 972 g/mol. The molecule has 0 aromatic heterocycles. The maximum atomic E-state index is 14.1. The molecule has 4 rings (SSSR count). The SMILES string of the molecule is CC(=O)N[C@H]1[C@H](O[C@H]2C[C@H](C(=O)OC(C)(C)C)[C@H](C(=O)OC(C)(C)C)C[C@H]2O[C@]2(C(=O)O)C[C@H](O)[C@@H](NC(C)=O)[C@H]([C@H](O)[C@H](O)CO)O2)O[C@H](CO)[C@@H](O)[C@@H]1O[C@@H]1O[C@H](CO)[C@H](O)[C@H](O)[C@H]1O. The number of carbonyl (C=O) groups excluding carboxylic acids is 4. The Labute approximate surface area is 385 Å². The molecule has 0 aromatic carbocycles. The molecule has 386 valence electrons. The molecule has 0 aromatic rings. The number of ether oxygens (including phenoxy) is 8. The molecule has 0 bridgehead atoms. The van der Waals surface area contributed by atoms with E-state index in [0.717, 1.165) is 13.8 Å². The van der Waals surface area contributed by atoms with Gasteiger partial charge >= 0.3 is 17.9 Å². The minimum absolute atomic E-state index is 0.608. The van der Waals surface area contributed by atoms with Gasteiger partial charge in [0.15, 0.2) is 12.6 Å². The van der Waals surface area contributed by atoms with Gasteiger partial charge in [0.05, 0.1) is 56.0 Å². The van der Waals surface area contributed by atoms with Crippen molar-refractivity contribution in [3.8, 4) is 0 Å². The van der Waals surface area contributed by atoms with Crippen LogP contribution in [0.2, 0.25) is 0 Å². The van der Waals surface area contributed by atoms with Crippen molar-refractivity contribution in [2.24, 2.45) is 11.8 Å². The molecular formula is C41H68N2O24. The smallest absolute Gasteiger partial charge is 0.364 e. The van der Waals surface area contributed by atoms with Crippen LogP contribution in [0.1, 0.15) is 74.7 Å². The van der Waals surface area contributed by atoms with Crippen molar-refractivity contribution < 1.29 is 118 Å². The number of amides is 2. The molecule has 3 saturated heterocycles. The number of nitrogens with one attached hydrogen (secondary N) is 2. The predicted octanol–water partition coefficient (Wildman–Crippen LogP) is -5.62. The number of carboxylic acid groups (broad SMARTS) is 1. The van der Waals surface area contributed by atoms with Crippen molar-refractivity contribution in [3.05, 3.63) is 0 Å². The number of hydrogen-bond acceptors (Lipinski definition) is 23. The lowest BCUT2D eigenvalue weighted by molar-refractivity contribution is -0.360. The van der Waals surface area contributed by atoms with Crippen LogP contribution in [0.15, 0.2) is 0 Å². The lowest BCUT2D eigenvalue weighted by atomic mass is 9.75. The summed E-state index contributed by atoms with van der Waals surface area (Å²) < 4.78 is 47.3. The van der Waals surface area contributed by atoms with Gasteiger partial charge in [-0.2, -0.15) is 0 Å². The quantitative estimate of drug-likeness (QED) is 0.0641. The maximum absolute atomic E-state index is 14.1. The second-order valence-corrected chi connectivity index (χ2v) is 19.2. The molecule has 3 aliphatic heterocycles. The van der Waals surface area contributed by atoms with Crippen LogP contribution in [0.4, 0.5) is 0 Å². The van der Waals surface area contributed by atoms with Gasteiger partial charge in [-0.1, -0.05) is 0 Å². The number of rotatable bonds is 16. The van der Waals surface area contributed by atoms with Gasteiger partial charge in [0.1, 0.15) is 78.3 Å². The number of carboxylic acids is 1. The van der Waals surface area contributed by atoms with E-state index >= 15 is 0 Å². The van der Waals surface area contributed by atoms with Gasteiger partial charge in [0.25, 0.3) is 5.79 Å². The second-order valence-electron chi connectivity index (χ2n) is 19.2. The molecule has 2 amide bonds. The molecule has 0 spiro atoms. The van der Waals surface area contributed by atoms with Crippen LogP contribution in [-0.4, -0.2) is 227 Å². The van der Waals surface area contributed by atoms with E-state index in [9.17, 15) is 80.1 Å². The highest BCUT2D eigenvalue weighted by Gasteiger charge is 2.60. The lowest BCUT2D eigenvalue weighted by Crippen LogP contribution is -2.69. The van der Waals surface area contributed by atoms with E-state index in [0.29, 0.717) is 0 Å². The van der Waals surface area contributed by atoms with Gasteiger partial charge < -0.3 is 105 Å². The highest BCUT2D eigenvalue weighted by molar-refractivity contribution is 5.83. The lowest BCUT2D eigenvalue weighted by Gasteiger charge is -2.51. The van der Waals surface area contributed by atoms with Gasteiger partial charge in [0.2, 0.25) is 11.8 Å². The summed E-state index contributed by atoms with van der Waals surface area (Å²) in [4.78, 5) is 66.6. The van der Waals surface area contributed by atoms with E-state index in [-0.39, 0.29) is 0 Å².